The molecule has 1 aromatic rings. The summed E-state index contributed by atoms with van der Waals surface area (Å²) in [5.74, 6) is -0.0404. The van der Waals surface area contributed by atoms with Gasteiger partial charge in [0.2, 0.25) is 0 Å². The van der Waals surface area contributed by atoms with Gasteiger partial charge in [0.15, 0.2) is 5.78 Å². The molecule has 18 heavy (non-hydrogen) atoms. The van der Waals surface area contributed by atoms with Crippen LogP contribution >= 0.6 is 0 Å². The van der Waals surface area contributed by atoms with Crippen LogP contribution in [0, 0.1) is 10.1 Å². The van der Waals surface area contributed by atoms with Crippen LogP contribution in [-0.4, -0.2) is 23.8 Å². The first kappa shape index (κ1) is 14.3. The van der Waals surface area contributed by atoms with Gasteiger partial charge in [-0.25, -0.2) is 0 Å². The van der Waals surface area contributed by atoms with Gasteiger partial charge < -0.3 is 5.32 Å². The lowest BCUT2D eigenvalue weighted by molar-refractivity contribution is -0.384. The van der Waals surface area contributed by atoms with E-state index in [0.29, 0.717) is 5.56 Å². The van der Waals surface area contributed by atoms with Crippen LogP contribution in [-0.2, 0) is 0 Å². The van der Waals surface area contributed by atoms with E-state index in [4.69, 9.17) is 0 Å². The highest BCUT2D eigenvalue weighted by atomic mass is 16.6. The summed E-state index contributed by atoms with van der Waals surface area (Å²) in [6.07, 6.45) is 3.36. The summed E-state index contributed by atoms with van der Waals surface area (Å²) >= 11 is 0. The monoisotopic (exact) mass is 250 g/mol. The van der Waals surface area contributed by atoms with Crippen LogP contribution in [0.2, 0.25) is 0 Å². The molecule has 0 unspecified atom stereocenters. The standard InChI is InChI=1S/C13H18N2O3/c1-2-3-4-9-14-10-13(16)11-5-7-12(8-6-11)15(17)18/h5-8,14H,2-4,9-10H2,1H3. The number of ketones is 1. The SMILES string of the molecule is CCCCCNCC(=O)c1ccc([N+](=O)[O-])cc1. The fourth-order valence-corrected chi connectivity index (χ4v) is 1.57. The molecule has 1 N–H and O–H groups in total. The zero-order valence-electron chi connectivity index (χ0n) is 10.5. The number of hydrogen-bond donors (Lipinski definition) is 1. The van der Waals surface area contributed by atoms with Crippen molar-refractivity contribution in [2.75, 3.05) is 13.1 Å². The third-order valence-electron chi connectivity index (χ3n) is 2.64. The van der Waals surface area contributed by atoms with Crippen LogP contribution in [0.3, 0.4) is 0 Å². The Kier molecular flexibility index (Phi) is 6.00. The molecule has 0 aliphatic heterocycles. The van der Waals surface area contributed by atoms with Gasteiger partial charge in [-0.1, -0.05) is 19.8 Å². The van der Waals surface area contributed by atoms with Gasteiger partial charge in [-0.05, 0) is 25.1 Å². The summed E-state index contributed by atoms with van der Waals surface area (Å²) < 4.78 is 0. The van der Waals surface area contributed by atoms with Gasteiger partial charge in [-0.2, -0.15) is 0 Å². The molecule has 0 saturated heterocycles. The third kappa shape index (κ3) is 4.63. The fraction of sp³-hybridized carbons (Fsp3) is 0.462. The average molecular weight is 250 g/mol. The fourth-order valence-electron chi connectivity index (χ4n) is 1.57. The molecule has 0 radical (unpaired) electrons. The molecule has 0 aliphatic rings. The summed E-state index contributed by atoms with van der Waals surface area (Å²) in [6, 6.07) is 5.69. The number of unbranched alkanes of at least 4 members (excludes halogenated alkanes) is 2. The van der Waals surface area contributed by atoms with Gasteiger partial charge in [-0.3, -0.25) is 14.9 Å². The van der Waals surface area contributed by atoms with E-state index in [9.17, 15) is 14.9 Å². The zero-order chi connectivity index (χ0) is 13.4. The van der Waals surface area contributed by atoms with Crippen LogP contribution in [0.15, 0.2) is 24.3 Å². The minimum atomic E-state index is -0.475. The molecule has 0 heterocycles. The topological polar surface area (TPSA) is 72.2 Å². The highest BCUT2D eigenvalue weighted by Gasteiger charge is 2.08. The summed E-state index contributed by atoms with van der Waals surface area (Å²) in [4.78, 5) is 21.7. The van der Waals surface area contributed by atoms with Gasteiger partial charge in [0.25, 0.3) is 5.69 Å². The minimum absolute atomic E-state index is 0.00227. The molecule has 0 aliphatic carbocycles. The highest BCUT2D eigenvalue weighted by molar-refractivity contribution is 5.97. The molecule has 0 amide bonds. The lowest BCUT2D eigenvalue weighted by Gasteiger charge is -2.03. The lowest BCUT2D eigenvalue weighted by atomic mass is 10.1. The summed E-state index contributed by atoms with van der Waals surface area (Å²) in [5.41, 5.74) is 0.506. The second-order valence-corrected chi connectivity index (χ2v) is 4.11. The number of Topliss-reactive ketones (excluding diaryl/α,β-unsaturated/α-hetero) is 1. The summed E-state index contributed by atoms with van der Waals surface area (Å²) in [7, 11) is 0. The van der Waals surface area contributed by atoms with Crippen molar-refractivity contribution in [3.8, 4) is 0 Å². The Balaban J connectivity index is 2.39. The quantitative estimate of drug-likeness (QED) is 0.333. The molecular formula is C13H18N2O3. The van der Waals surface area contributed by atoms with Gasteiger partial charge in [0, 0.05) is 17.7 Å². The first-order chi connectivity index (χ1) is 8.65. The molecule has 5 heteroatoms. The van der Waals surface area contributed by atoms with Gasteiger partial charge in [-0.15, -0.1) is 0 Å². The largest absolute Gasteiger partial charge is 0.310 e. The maximum atomic E-state index is 11.7. The second kappa shape index (κ2) is 7.55. The van der Waals surface area contributed by atoms with Crippen LogP contribution in [0.1, 0.15) is 36.5 Å². The van der Waals surface area contributed by atoms with Crippen molar-refractivity contribution in [2.45, 2.75) is 26.2 Å². The van der Waals surface area contributed by atoms with E-state index in [1.54, 1.807) is 0 Å². The molecule has 5 nitrogen and oxygen atoms in total. The van der Waals surface area contributed by atoms with Crippen molar-refractivity contribution in [1.29, 1.82) is 0 Å². The van der Waals surface area contributed by atoms with E-state index in [2.05, 4.69) is 12.2 Å². The predicted octanol–water partition coefficient (Wildman–Crippen LogP) is 2.56. The lowest BCUT2D eigenvalue weighted by Crippen LogP contribution is -2.23. The number of rotatable bonds is 8. The number of carbonyl (C=O) groups excluding carboxylic acids is 1. The summed E-state index contributed by atoms with van der Waals surface area (Å²) in [5, 5.41) is 13.5. The molecule has 1 rings (SSSR count). The number of hydrogen-bond acceptors (Lipinski definition) is 4. The Hall–Kier alpha value is -1.75. The molecule has 0 saturated carbocycles. The van der Waals surface area contributed by atoms with Crippen LogP contribution < -0.4 is 5.32 Å². The van der Waals surface area contributed by atoms with Crippen LogP contribution in [0.5, 0.6) is 0 Å². The van der Waals surface area contributed by atoms with E-state index in [1.807, 2.05) is 0 Å². The predicted molar refractivity (Wildman–Crippen MR) is 69.8 cm³/mol. The van der Waals surface area contributed by atoms with E-state index in [-0.39, 0.29) is 18.0 Å². The maximum absolute atomic E-state index is 11.7. The number of benzene rings is 1. The Morgan fingerprint density at radius 3 is 2.50 bits per heavy atom. The number of nitrogens with one attached hydrogen (secondary N) is 1. The molecule has 0 fully saturated rings. The Labute approximate surface area is 106 Å². The highest BCUT2D eigenvalue weighted by Crippen LogP contribution is 2.12. The minimum Gasteiger partial charge on any atom is -0.310 e. The van der Waals surface area contributed by atoms with Crippen molar-refractivity contribution in [3.05, 3.63) is 39.9 Å². The zero-order valence-corrected chi connectivity index (χ0v) is 10.5. The van der Waals surface area contributed by atoms with Crippen molar-refractivity contribution in [2.24, 2.45) is 0 Å². The molecular weight excluding hydrogens is 232 g/mol. The van der Waals surface area contributed by atoms with Gasteiger partial charge in [0.05, 0.1) is 11.5 Å². The van der Waals surface area contributed by atoms with Crippen molar-refractivity contribution < 1.29 is 9.72 Å². The Morgan fingerprint density at radius 1 is 1.28 bits per heavy atom. The van der Waals surface area contributed by atoms with Gasteiger partial charge in [0.1, 0.15) is 0 Å². The Morgan fingerprint density at radius 2 is 1.94 bits per heavy atom. The van der Waals surface area contributed by atoms with Crippen LogP contribution in [0.4, 0.5) is 5.69 Å². The molecule has 0 spiro atoms. The van der Waals surface area contributed by atoms with Crippen molar-refractivity contribution in [1.82, 2.24) is 5.32 Å². The van der Waals surface area contributed by atoms with E-state index < -0.39 is 4.92 Å². The number of nitrogens with zero attached hydrogens (tertiary/aromatic N) is 1. The van der Waals surface area contributed by atoms with E-state index in [1.165, 1.54) is 24.3 Å². The molecule has 0 atom stereocenters. The number of non-ortho nitro benzene ring substituents is 1. The molecule has 0 aromatic heterocycles. The van der Waals surface area contributed by atoms with E-state index >= 15 is 0 Å². The van der Waals surface area contributed by atoms with Gasteiger partial charge >= 0.3 is 0 Å². The maximum Gasteiger partial charge on any atom is 0.269 e. The third-order valence-corrected chi connectivity index (χ3v) is 2.64. The normalized spacial score (nSPS) is 10.3. The Bertz CT molecular complexity index is 401. The number of nitro benzene ring substituents is 1. The summed E-state index contributed by atoms with van der Waals surface area (Å²) in [6.45, 7) is 3.23. The smallest absolute Gasteiger partial charge is 0.269 e. The van der Waals surface area contributed by atoms with Crippen LogP contribution in [0.25, 0.3) is 0 Å². The second-order valence-electron chi connectivity index (χ2n) is 4.11. The first-order valence-corrected chi connectivity index (χ1v) is 6.13. The van der Waals surface area contributed by atoms with Crippen molar-refractivity contribution in [3.63, 3.8) is 0 Å². The molecule has 1 aromatic carbocycles. The number of nitro groups is 1. The number of carbonyl (C=O) groups is 1. The van der Waals surface area contributed by atoms with E-state index in [0.717, 1.165) is 25.8 Å². The first-order valence-electron chi connectivity index (χ1n) is 6.13. The molecule has 0 bridgehead atoms. The average Bonchev–Trinajstić information content (AvgIpc) is 2.38. The molecule has 98 valence electrons. The van der Waals surface area contributed by atoms with Crippen molar-refractivity contribution >= 4 is 11.5 Å².